The Morgan fingerprint density at radius 2 is 1.24 bits per heavy atom. The van der Waals surface area contributed by atoms with Crippen molar-refractivity contribution in [2.24, 2.45) is 0 Å². The second-order valence-electron chi connectivity index (χ2n) is 5.61. The van der Waals surface area contributed by atoms with Gasteiger partial charge in [-0.25, -0.2) is 0 Å². The van der Waals surface area contributed by atoms with Crippen molar-refractivity contribution in [3.05, 3.63) is 46.0 Å². The van der Waals surface area contributed by atoms with Gasteiger partial charge >= 0.3 is 0 Å². The van der Waals surface area contributed by atoms with E-state index in [1.54, 1.807) is 12.1 Å². The molecule has 0 radical (unpaired) electrons. The van der Waals surface area contributed by atoms with E-state index in [0.717, 1.165) is 5.56 Å². The first kappa shape index (κ1) is 16.8. The van der Waals surface area contributed by atoms with Crippen molar-refractivity contribution >= 4 is 11.6 Å². The van der Waals surface area contributed by atoms with Crippen LogP contribution in [0.25, 0.3) is 0 Å². The van der Waals surface area contributed by atoms with Crippen molar-refractivity contribution in [1.29, 1.82) is 0 Å². The molecule has 1 aliphatic carbocycles. The Morgan fingerprint density at radius 1 is 0.640 bits per heavy atom. The van der Waals surface area contributed by atoms with Gasteiger partial charge in [0.15, 0.2) is 17.3 Å². The van der Waals surface area contributed by atoms with Crippen molar-refractivity contribution in [3.63, 3.8) is 0 Å². The van der Waals surface area contributed by atoms with E-state index < -0.39 is 0 Å². The summed E-state index contributed by atoms with van der Waals surface area (Å²) in [6, 6.07) is 4.93. The van der Waals surface area contributed by atoms with E-state index in [0.29, 0.717) is 11.5 Å². The van der Waals surface area contributed by atoms with E-state index in [1.807, 2.05) is 6.92 Å². The van der Waals surface area contributed by atoms with Crippen LogP contribution in [-0.2, 0) is 0 Å². The van der Waals surface area contributed by atoms with E-state index in [9.17, 15) is 9.59 Å². The predicted octanol–water partition coefficient (Wildman–Crippen LogP) is 2.80. The Balaban J connectivity index is 2.43. The van der Waals surface area contributed by atoms with Crippen LogP contribution in [0.15, 0.2) is 18.2 Å². The third-order valence-electron chi connectivity index (χ3n) is 4.25. The highest BCUT2D eigenvalue weighted by atomic mass is 16.5. The minimum Gasteiger partial charge on any atom is -0.496 e. The highest BCUT2D eigenvalue weighted by molar-refractivity contribution is 6.31. The lowest BCUT2D eigenvalue weighted by Gasteiger charge is -2.24. The van der Waals surface area contributed by atoms with Gasteiger partial charge in [-0.1, -0.05) is 0 Å². The van der Waals surface area contributed by atoms with Crippen molar-refractivity contribution < 1.29 is 28.5 Å². The summed E-state index contributed by atoms with van der Waals surface area (Å²) in [5.74, 6) is 0.458. The number of aryl methyl sites for hydroxylation is 1. The average Bonchev–Trinajstić information content (AvgIpc) is 2.63. The largest absolute Gasteiger partial charge is 0.496 e. The molecule has 0 amide bonds. The van der Waals surface area contributed by atoms with E-state index in [-0.39, 0.29) is 45.3 Å². The molecule has 3 rings (SSSR count). The van der Waals surface area contributed by atoms with Crippen LogP contribution in [0, 0.1) is 6.92 Å². The molecule has 130 valence electrons. The number of fused-ring (bicyclic) bond motifs is 2. The monoisotopic (exact) mass is 342 g/mol. The normalized spacial score (nSPS) is 12.4. The topological polar surface area (TPSA) is 71.1 Å². The summed E-state index contributed by atoms with van der Waals surface area (Å²) in [6.07, 6.45) is 0. The molecule has 2 aromatic rings. The molecule has 0 fully saturated rings. The molecular formula is C19H18O6. The number of ether oxygens (including phenoxy) is 4. The van der Waals surface area contributed by atoms with Crippen molar-refractivity contribution in [3.8, 4) is 23.0 Å². The third-order valence-corrected chi connectivity index (χ3v) is 4.25. The minimum atomic E-state index is -0.348. The maximum absolute atomic E-state index is 13.2. The van der Waals surface area contributed by atoms with Gasteiger partial charge in [0.1, 0.15) is 11.5 Å². The van der Waals surface area contributed by atoms with Crippen LogP contribution in [0.3, 0.4) is 0 Å². The Morgan fingerprint density at radius 3 is 1.80 bits per heavy atom. The zero-order chi connectivity index (χ0) is 18.3. The molecule has 0 unspecified atom stereocenters. The standard InChI is InChI=1S/C19H18O6/c1-9-6-10-14(11(7-9)22-2)18(21)15-12(23-3)8-13(24-4)19(25-5)16(15)17(10)20/h6-8H,1-5H3. The molecule has 0 bridgehead atoms. The molecule has 0 N–H and O–H groups in total. The number of carbonyl (C=O) groups excluding carboxylic acids is 2. The first-order valence-electron chi connectivity index (χ1n) is 7.59. The molecule has 2 aromatic carbocycles. The number of rotatable bonds is 4. The van der Waals surface area contributed by atoms with E-state index in [2.05, 4.69) is 0 Å². The van der Waals surface area contributed by atoms with E-state index in [1.165, 1.54) is 34.5 Å². The number of benzene rings is 2. The second-order valence-corrected chi connectivity index (χ2v) is 5.61. The van der Waals surface area contributed by atoms with Gasteiger partial charge in [-0.3, -0.25) is 9.59 Å². The zero-order valence-corrected chi connectivity index (χ0v) is 14.7. The molecule has 0 aromatic heterocycles. The lowest BCUT2D eigenvalue weighted by Crippen LogP contribution is -2.24. The molecule has 0 heterocycles. The van der Waals surface area contributed by atoms with Crippen LogP contribution in [0.1, 0.15) is 37.4 Å². The van der Waals surface area contributed by atoms with Crippen LogP contribution in [0.5, 0.6) is 23.0 Å². The maximum atomic E-state index is 13.2. The van der Waals surface area contributed by atoms with Gasteiger partial charge in [-0.2, -0.15) is 0 Å². The summed E-state index contributed by atoms with van der Waals surface area (Å²) >= 11 is 0. The predicted molar refractivity (Wildman–Crippen MR) is 90.7 cm³/mol. The van der Waals surface area contributed by atoms with E-state index >= 15 is 0 Å². The van der Waals surface area contributed by atoms with Gasteiger partial charge in [-0.15, -0.1) is 0 Å². The quantitative estimate of drug-likeness (QED) is 0.726. The van der Waals surface area contributed by atoms with Crippen LogP contribution in [-0.4, -0.2) is 40.0 Å². The molecule has 6 heteroatoms. The zero-order valence-electron chi connectivity index (χ0n) is 14.7. The minimum absolute atomic E-state index is 0.142. The molecule has 0 aliphatic heterocycles. The molecule has 25 heavy (non-hydrogen) atoms. The SMILES string of the molecule is COc1cc(OC)c2c(c1OC)C(=O)c1cc(C)cc(OC)c1C2=O. The van der Waals surface area contributed by atoms with Crippen LogP contribution in [0.4, 0.5) is 0 Å². The number of carbonyl (C=O) groups is 2. The lowest BCUT2D eigenvalue weighted by atomic mass is 9.81. The summed E-state index contributed by atoms with van der Waals surface area (Å²) in [7, 11) is 5.78. The maximum Gasteiger partial charge on any atom is 0.202 e. The Hall–Kier alpha value is -3.02. The molecule has 0 saturated heterocycles. The number of methoxy groups -OCH3 is 4. The third kappa shape index (κ3) is 2.33. The summed E-state index contributed by atoms with van der Waals surface area (Å²) in [4.78, 5) is 26.4. The van der Waals surface area contributed by atoms with Crippen molar-refractivity contribution in [1.82, 2.24) is 0 Å². The Labute approximate surface area is 145 Å². The second kappa shape index (κ2) is 6.12. The average molecular weight is 342 g/mol. The highest BCUT2D eigenvalue weighted by Crippen LogP contribution is 2.46. The Bertz CT molecular complexity index is 898. The highest BCUT2D eigenvalue weighted by Gasteiger charge is 2.39. The van der Waals surface area contributed by atoms with Gasteiger partial charge in [0.2, 0.25) is 5.78 Å². The van der Waals surface area contributed by atoms with Crippen LogP contribution < -0.4 is 18.9 Å². The fraction of sp³-hybridized carbons (Fsp3) is 0.263. The summed E-state index contributed by atoms with van der Waals surface area (Å²) < 4.78 is 21.3. The molecule has 0 spiro atoms. The Kier molecular flexibility index (Phi) is 4.12. The fourth-order valence-electron chi connectivity index (χ4n) is 3.16. The number of ketones is 2. The van der Waals surface area contributed by atoms with Crippen molar-refractivity contribution in [2.45, 2.75) is 6.92 Å². The lowest BCUT2D eigenvalue weighted by molar-refractivity contribution is 0.0970. The molecule has 0 atom stereocenters. The van der Waals surface area contributed by atoms with Gasteiger partial charge in [0.05, 0.1) is 45.1 Å². The molecule has 0 saturated carbocycles. The van der Waals surface area contributed by atoms with Gasteiger partial charge in [0.25, 0.3) is 0 Å². The molecule has 6 nitrogen and oxygen atoms in total. The smallest absolute Gasteiger partial charge is 0.202 e. The number of hydrogen-bond acceptors (Lipinski definition) is 6. The first-order chi connectivity index (χ1) is 12.0. The summed E-state index contributed by atoms with van der Waals surface area (Å²) in [5, 5.41) is 0. The summed E-state index contributed by atoms with van der Waals surface area (Å²) in [6.45, 7) is 1.83. The molecular weight excluding hydrogens is 324 g/mol. The van der Waals surface area contributed by atoms with Crippen LogP contribution in [0.2, 0.25) is 0 Å². The number of hydrogen-bond donors (Lipinski definition) is 0. The summed E-state index contributed by atoms with van der Waals surface area (Å²) in [5.41, 5.74) is 1.62. The van der Waals surface area contributed by atoms with Gasteiger partial charge < -0.3 is 18.9 Å². The fourth-order valence-corrected chi connectivity index (χ4v) is 3.16. The first-order valence-corrected chi connectivity index (χ1v) is 7.59. The molecule has 1 aliphatic rings. The van der Waals surface area contributed by atoms with E-state index in [4.69, 9.17) is 18.9 Å². The van der Waals surface area contributed by atoms with Crippen LogP contribution >= 0.6 is 0 Å². The van der Waals surface area contributed by atoms with Crippen molar-refractivity contribution in [2.75, 3.05) is 28.4 Å². The van der Waals surface area contributed by atoms with Gasteiger partial charge in [-0.05, 0) is 24.6 Å². The van der Waals surface area contributed by atoms with Gasteiger partial charge in [0, 0.05) is 11.6 Å².